The smallest absolute Gasteiger partial charge is 0.243 e. The Labute approximate surface area is 228 Å². The Balaban J connectivity index is 2.15. The van der Waals surface area contributed by atoms with Gasteiger partial charge in [-0.25, -0.2) is 18.4 Å². The van der Waals surface area contributed by atoms with Gasteiger partial charge >= 0.3 is 0 Å². The topological polar surface area (TPSA) is 142 Å². The van der Waals surface area contributed by atoms with Crippen LogP contribution in [0.3, 0.4) is 0 Å². The molecule has 1 aromatic carbocycles. The highest BCUT2D eigenvalue weighted by molar-refractivity contribution is 7.93. The molecule has 3 aromatic rings. The molecular weight excluding hydrogens is 522 g/mol. The van der Waals surface area contributed by atoms with E-state index in [4.69, 9.17) is 14.2 Å². The first-order valence-electron chi connectivity index (χ1n) is 11.9. The number of aromatic nitrogens is 4. The second-order valence-corrected chi connectivity index (χ2v) is 10.7. The van der Waals surface area contributed by atoms with E-state index >= 15 is 0 Å². The number of pyridine rings is 1. The SMILES string of the molecule is C=NC(=N/C=C(\C)OC)[C@@H](C)[C@H](C)S(=O)(=O)Nc1nnc(-c2cncc(C)c2)n1-c1c(OC)cccc1OC. The summed E-state index contributed by atoms with van der Waals surface area (Å²) < 4.78 is 47.7. The molecule has 0 unspecified atom stereocenters. The van der Waals surface area contributed by atoms with E-state index in [0.29, 0.717) is 34.3 Å². The summed E-state index contributed by atoms with van der Waals surface area (Å²) in [6, 6.07) is 7.09. The van der Waals surface area contributed by atoms with Crippen LogP contribution < -0.4 is 14.2 Å². The fraction of sp³-hybridized carbons (Fsp3) is 0.346. The van der Waals surface area contributed by atoms with Gasteiger partial charge in [0.25, 0.3) is 0 Å². The Morgan fingerprint density at radius 1 is 1.13 bits per heavy atom. The highest BCUT2D eigenvalue weighted by atomic mass is 32.2. The largest absolute Gasteiger partial charge is 0.500 e. The summed E-state index contributed by atoms with van der Waals surface area (Å²) >= 11 is 0. The van der Waals surface area contributed by atoms with Gasteiger partial charge in [0.1, 0.15) is 28.8 Å². The summed E-state index contributed by atoms with van der Waals surface area (Å²) in [5.74, 6) is 1.26. The van der Waals surface area contributed by atoms with Crippen LogP contribution in [-0.2, 0) is 14.8 Å². The number of hydrogen-bond acceptors (Lipinski definition) is 9. The number of hydrogen-bond donors (Lipinski definition) is 1. The minimum absolute atomic E-state index is 0.0615. The molecule has 0 spiro atoms. The molecule has 13 heteroatoms. The van der Waals surface area contributed by atoms with Crippen molar-refractivity contribution in [3.05, 3.63) is 54.2 Å². The quantitative estimate of drug-likeness (QED) is 0.212. The van der Waals surface area contributed by atoms with Gasteiger partial charge in [-0.05, 0) is 51.3 Å². The Kier molecular flexibility index (Phi) is 9.41. The van der Waals surface area contributed by atoms with Crippen LogP contribution in [0.5, 0.6) is 11.5 Å². The van der Waals surface area contributed by atoms with E-state index in [-0.39, 0.29) is 11.8 Å². The number of aliphatic imine (C=N–C) groups is 2. The summed E-state index contributed by atoms with van der Waals surface area (Å²) in [4.78, 5) is 12.4. The van der Waals surface area contributed by atoms with Crippen LogP contribution >= 0.6 is 0 Å². The molecule has 2 aromatic heterocycles. The average Bonchev–Trinajstić information content (AvgIpc) is 3.34. The predicted molar refractivity (Wildman–Crippen MR) is 151 cm³/mol. The van der Waals surface area contributed by atoms with Gasteiger partial charge in [0.15, 0.2) is 5.82 Å². The molecule has 0 amide bonds. The lowest BCUT2D eigenvalue weighted by Gasteiger charge is -2.21. The molecule has 0 aliphatic heterocycles. The third-order valence-electron chi connectivity index (χ3n) is 6.12. The lowest BCUT2D eigenvalue weighted by Crippen LogP contribution is -2.35. The molecule has 2 heterocycles. The number of sulfonamides is 1. The minimum atomic E-state index is -4.05. The molecule has 208 valence electrons. The molecule has 2 atom stereocenters. The van der Waals surface area contributed by atoms with Gasteiger partial charge in [-0.1, -0.05) is 13.0 Å². The Morgan fingerprint density at radius 3 is 2.36 bits per heavy atom. The maximum Gasteiger partial charge on any atom is 0.243 e. The second-order valence-electron chi connectivity index (χ2n) is 8.67. The van der Waals surface area contributed by atoms with Crippen molar-refractivity contribution in [3.63, 3.8) is 0 Å². The number of amidine groups is 1. The number of aryl methyl sites for hydroxylation is 1. The van der Waals surface area contributed by atoms with E-state index < -0.39 is 21.2 Å². The van der Waals surface area contributed by atoms with Crippen molar-refractivity contribution in [1.82, 2.24) is 19.7 Å². The van der Waals surface area contributed by atoms with Crippen LogP contribution in [-0.4, -0.2) is 67.3 Å². The van der Waals surface area contributed by atoms with Crippen LogP contribution in [0.15, 0.2) is 58.6 Å². The molecule has 0 radical (unpaired) electrons. The first-order valence-corrected chi connectivity index (χ1v) is 13.5. The van der Waals surface area contributed by atoms with Crippen LogP contribution in [0.25, 0.3) is 17.1 Å². The number of ether oxygens (including phenoxy) is 3. The number of methoxy groups -OCH3 is 3. The minimum Gasteiger partial charge on any atom is -0.500 e. The maximum absolute atomic E-state index is 13.6. The lowest BCUT2D eigenvalue weighted by atomic mass is 10.1. The third kappa shape index (κ3) is 6.42. The molecule has 12 nitrogen and oxygen atoms in total. The highest BCUT2D eigenvalue weighted by Gasteiger charge is 2.32. The van der Waals surface area contributed by atoms with Crippen LogP contribution in [0.1, 0.15) is 26.3 Å². The van der Waals surface area contributed by atoms with Crippen molar-refractivity contribution in [2.45, 2.75) is 32.9 Å². The second kappa shape index (κ2) is 12.5. The molecule has 0 saturated heterocycles. The van der Waals surface area contributed by atoms with Crippen LogP contribution in [0.4, 0.5) is 5.95 Å². The summed E-state index contributed by atoms with van der Waals surface area (Å²) in [5, 5.41) is 7.54. The highest BCUT2D eigenvalue weighted by Crippen LogP contribution is 2.38. The van der Waals surface area contributed by atoms with Crippen molar-refractivity contribution in [3.8, 4) is 28.6 Å². The van der Waals surface area contributed by atoms with E-state index in [1.54, 1.807) is 51.4 Å². The molecule has 0 saturated carbocycles. The number of para-hydroxylation sites is 1. The van der Waals surface area contributed by atoms with E-state index in [1.807, 2.05) is 13.0 Å². The molecule has 0 aliphatic carbocycles. The first kappa shape index (κ1) is 29.3. The van der Waals surface area contributed by atoms with E-state index in [0.717, 1.165) is 5.56 Å². The summed E-state index contributed by atoms with van der Waals surface area (Å²) in [6.07, 6.45) is 4.78. The molecule has 3 rings (SSSR count). The molecule has 0 fully saturated rings. The fourth-order valence-electron chi connectivity index (χ4n) is 3.69. The summed E-state index contributed by atoms with van der Waals surface area (Å²) in [6.45, 7) is 10.4. The number of anilines is 1. The first-order chi connectivity index (χ1) is 18.6. The Bertz CT molecular complexity index is 1480. The van der Waals surface area contributed by atoms with Gasteiger partial charge < -0.3 is 14.2 Å². The van der Waals surface area contributed by atoms with Gasteiger partial charge in [-0.15, -0.1) is 10.2 Å². The predicted octanol–water partition coefficient (Wildman–Crippen LogP) is 4.03. The van der Waals surface area contributed by atoms with E-state index in [9.17, 15) is 8.42 Å². The van der Waals surface area contributed by atoms with Crippen molar-refractivity contribution in [1.29, 1.82) is 0 Å². The van der Waals surface area contributed by atoms with Crippen molar-refractivity contribution < 1.29 is 22.6 Å². The third-order valence-corrected chi connectivity index (χ3v) is 7.97. The standard InChI is InChI=1S/C26H33N7O5S/c1-16-12-20(15-28-13-16)25-30-31-26(33(25)23-21(37-7)10-9-11-22(23)38-8)32-39(34,35)19(4)18(3)24(27-5)29-14-17(2)36-6/h9-15,18-19H,5H2,1-4,6-8H3,(H,31,32)/b17-14+,29-24?/t18-,19-/m0/s1. The monoisotopic (exact) mass is 555 g/mol. The van der Waals surface area contributed by atoms with Gasteiger partial charge in [0.05, 0.1) is 32.8 Å². The van der Waals surface area contributed by atoms with Gasteiger partial charge in [0, 0.05) is 23.9 Å². The Morgan fingerprint density at radius 2 is 1.79 bits per heavy atom. The molecule has 0 aliphatic rings. The van der Waals surface area contributed by atoms with Gasteiger partial charge in [0.2, 0.25) is 16.0 Å². The normalized spacial score (nSPS) is 13.9. The fourth-order valence-corrected chi connectivity index (χ4v) is 4.92. The molecule has 0 bridgehead atoms. The van der Waals surface area contributed by atoms with E-state index in [2.05, 4.69) is 36.6 Å². The maximum atomic E-state index is 13.6. The van der Waals surface area contributed by atoms with Gasteiger partial charge in [-0.2, -0.15) is 0 Å². The average molecular weight is 556 g/mol. The van der Waals surface area contributed by atoms with Crippen molar-refractivity contribution in [2.24, 2.45) is 15.9 Å². The number of allylic oxidation sites excluding steroid dienone is 1. The van der Waals surface area contributed by atoms with Crippen molar-refractivity contribution in [2.75, 3.05) is 26.1 Å². The Hall–Kier alpha value is -4.26. The number of rotatable bonds is 11. The van der Waals surface area contributed by atoms with Crippen LogP contribution in [0.2, 0.25) is 0 Å². The van der Waals surface area contributed by atoms with Gasteiger partial charge in [-0.3, -0.25) is 14.3 Å². The van der Waals surface area contributed by atoms with Crippen molar-refractivity contribution >= 4 is 28.5 Å². The molecule has 1 N–H and O–H groups in total. The summed E-state index contributed by atoms with van der Waals surface area (Å²) in [7, 11) is 0.475. The number of benzene rings is 1. The lowest BCUT2D eigenvalue weighted by molar-refractivity contribution is 0.292. The number of nitrogens with zero attached hydrogens (tertiary/aromatic N) is 6. The zero-order chi connectivity index (χ0) is 28.7. The van der Waals surface area contributed by atoms with E-state index in [1.165, 1.54) is 32.1 Å². The zero-order valence-corrected chi connectivity index (χ0v) is 23.9. The summed E-state index contributed by atoms with van der Waals surface area (Å²) in [5.41, 5.74) is 1.92. The molecular formula is C26H33N7O5S. The zero-order valence-electron chi connectivity index (χ0n) is 23.0. The molecule has 39 heavy (non-hydrogen) atoms. The number of nitrogens with one attached hydrogen (secondary N) is 1. The van der Waals surface area contributed by atoms with Crippen LogP contribution in [0, 0.1) is 12.8 Å².